The highest BCUT2D eigenvalue weighted by Crippen LogP contribution is 2.44. The number of fused-ring (bicyclic) bond motifs is 9. The maximum absolute atomic E-state index is 5.34. The third-order valence-corrected chi connectivity index (χ3v) is 13.7. The summed E-state index contributed by atoms with van der Waals surface area (Å²) >= 11 is 1.85. The summed E-state index contributed by atoms with van der Waals surface area (Å²) in [5.41, 5.74) is 14.1. The van der Waals surface area contributed by atoms with Gasteiger partial charge in [-0.2, -0.15) is 0 Å². The topological polar surface area (TPSA) is 35.6 Å². The Labute approximate surface area is 367 Å². The second-order valence-corrected chi connectivity index (χ2v) is 17.3. The lowest BCUT2D eigenvalue weighted by molar-refractivity contribution is 0.996. The first-order valence-electron chi connectivity index (χ1n) is 21.3. The van der Waals surface area contributed by atoms with Crippen LogP contribution in [0.3, 0.4) is 0 Å². The predicted molar refractivity (Wildman–Crippen MR) is 265 cm³/mol. The molecule has 0 amide bonds. The maximum atomic E-state index is 5.34. The van der Waals surface area contributed by atoms with Crippen molar-refractivity contribution in [2.24, 2.45) is 0 Å². The van der Waals surface area contributed by atoms with Crippen LogP contribution < -0.4 is 0 Å². The molecule has 0 saturated heterocycles. The highest BCUT2D eigenvalue weighted by molar-refractivity contribution is 7.25. The van der Waals surface area contributed by atoms with Crippen molar-refractivity contribution in [1.82, 2.24) is 19.1 Å². The molecule has 0 bridgehead atoms. The molecule has 0 spiro atoms. The molecule has 0 fully saturated rings. The van der Waals surface area contributed by atoms with Crippen molar-refractivity contribution in [3.63, 3.8) is 0 Å². The summed E-state index contributed by atoms with van der Waals surface area (Å²) in [5, 5.41) is 7.34. The van der Waals surface area contributed by atoms with E-state index < -0.39 is 0 Å². The van der Waals surface area contributed by atoms with E-state index in [-0.39, 0.29) is 0 Å². The van der Waals surface area contributed by atoms with E-state index in [4.69, 9.17) is 9.97 Å². The van der Waals surface area contributed by atoms with Gasteiger partial charge in [0.1, 0.15) is 0 Å². The molecule has 0 N–H and O–H groups in total. The molecule has 0 radical (unpaired) electrons. The molecule has 9 aromatic carbocycles. The van der Waals surface area contributed by atoms with Crippen molar-refractivity contribution in [1.29, 1.82) is 0 Å². The van der Waals surface area contributed by atoms with Gasteiger partial charge >= 0.3 is 0 Å². The number of aromatic nitrogens is 4. The molecule has 0 aliphatic heterocycles. The standard InChI is InChI=1S/C58H36N4S/c1-4-16-37(17-5-1)46-34-48-43-23-11-13-25-52(43)61(41-29-31-57-49(33-41)45-24-12-15-27-56(45)63-57)55(48)35-47(46)40-28-30-44-42-22-10-14-26-53(42)62(54(44)32-40)58-59-50(38-18-6-2-7-19-38)36-51(60-58)39-20-8-3-9-21-39/h1-36H. The van der Waals surface area contributed by atoms with Gasteiger partial charge in [-0.1, -0.05) is 158 Å². The molecule has 5 heteroatoms. The van der Waals surface area contributed by atoms with Crippen molar-refractivity contribution in [2.75, 3.05) is 0 Å². The van der Waals surface area contributed by atoms with Gasteiger partial charge < -0.3 is 4.57 Å². The Hall–Kier alpha value is -8.12. The average molecular weight is 821 g/mol. The van der Waals surface area contributed by atoms with Gasteiger partial charge in [-0.15, -0.1) is 11.3 Å². The number of thiophene rings is 1. The second kappa shape index (κ2) is 14.2. The molecule has 0 unspecified atom stereocenters. The van der Waals surface area contributed by atoms with Gasteiger partial charge in [0, 0.05) is 58.5 Å². The lowest BCUT2D eigenvalue weighted by Crippen LogP contribution is -2.04. The van der Waals surface area contributed by atoms with Crippen LogP contribution in [-0.4, -0.2) is 19.1 Å². The zero-order valence-electron chi connectivity index (χ0n) is 34.0. The van der Waals surface area contributed by atoms with Crippen molar-refractivity contribution < 1.29 is 0 Å². The first-order chi connectivity index (χ1) is 31.2. The Morgan fingerprint density at radius 1 is 0.302 bits per heavy atom. The maximum Gasteiger partial charge on any atom is 0.235 e. The van der Waals surface area contributed by atoms with E-state index in [1.54, 1.807) is 0 Å². The summed E-state index contributed by atoms with van der Waals surface area (Å²) < 4.78 is 7.32. The summed E-state index contributed by atoms with van der Waals surface area (Å²) in [6.45, 7) is 0. The van der Waals surface area contributed by atoms with Crippen molar-refractivity contribution >= 4 is 75.1 Å². The molecule has 4 nitrogen and oxygen atoms in total. The van der Waals surface area contributed by atoms with Crippen LogP contribution in [0.4, 0.5) is 0 Å². The highest BCUT2D eigenvalue weighted by atomic mass is 32.1. The van der Waals surface area contributed by atoms with Crippen LogP contribution in [0.25, 0.3) is 120 Å². The zero-order valence-corrected chi connectivity index (χ0v) is 34.8. The van der Waals surface area contributed by atoms with Crippen molar-refractivity contribution in [3.8, 4) is 56.4 Å². The van der Waals surface area contributed by atoms with E-state index in [0.29, 0.717) is 5.95 Å². The lowest BCUT2D eigenvalue weighted by atomic mass is 9.92. The highest BCUT2D eigenvalue weighted by Gasteiger charge is 2.21. The molecule has 13 rings (SSSR count). The first kappa shape index (κ1) is 35.6. The van der Waals surface area contributed by atoms with Crippen LogP contribution in [-0.2, 0) is 0 Å². The summed E-state index contributed by atoms with van der Waals surface area (Å²) in [6, 6.07) is 78.6. The fourth-order valence-corrected chi connectivity index (χ4v) is 10.7. The Kier molecular flexibility index (Phi) is 8.05. The molecular weight excluding hydrogens is 785 g/mol. The van der Waals surface area contributed by atoms with Crippen LogP contribution >= 0.6 is 11.3 Å². The van der Waals surface area contributed by atoms with Crippen LogP contribution in [0.2, 0.25) is 0 Å². The van der Waals surface area contributed by atoms with Gasteiger partial charge in [0.2, 0.25) is 5.95 Å². The molecular formula is C58H36N4S. The van der Waals surface area contributed by atoms with E-state index >= 15 is 0 Å². The minimum Gasteiger partial charge on any atom is -0.309 e. The minimum atomic E-state index is 0.633. The lowest BCUT2D eigenvalue weighted by Gasteiger charge is -2.15. The number of rotatable bonds is 6. The fraction of sp³-hybridized carbons (Fsp3) is 0. The molecule has 0 aliphatic rings. The second-order valence-electron chi connectivity index (χ2n) is 16.2. The van der Waals surface area contributed by atoms with Crippen LogP contribution in [0, 0.1) is 0 Å². The van der Waals surface area contributed by atoms with E-state index in [1.165, 1.54) is 47.6 Å². The summed E-state index contributed by atoms with van der Waals surface area (Å²) in [5.74, 6) is 0.633. The number of nitrogens with zero attached hydrogens (tertiary/aromatic N) is 4. The van der Waals surface area contributed by atoms with Gasteiger partial charge in [-0.3, -0.25) is 4.57 Å². The SMILES string of the molecule is c1ccc(-c2cc(-c3ccccc3)nc(-n3c4ccccc4c4ccc(-c5cc6c(cc5-c5ccccc5)c5ccccc5n6-c5ccc6sc7ccccc7c6c5)cc43)n2)cc1. The molecule has 13 aromatic rings. The Morgan fingerprint density at radius 3 is 1.52 bits per heavy atom. The normalized spacial score (nSPS) is 11.8. The monoisotopic (exact) mass is 820 g/mol. The molecule has 63 heavy (non-hydrogen) atoms. The van der Waals surface area contributed by atoms with Gasteiger partial charge in [0.05, 0.1) is 33.5 Å². The summed E-state index contributed by atoms with van der Waals surface area (Å²) in [7, 11) is 0. The molecule has 294 valence electrons. The zero-order chi connectivity index (χ0) is 41.4. The van der Waals surface area contributed by atoms with Gasteiger partial charge in [-0.05, 0) is 82.9 Å². The average Bonchev–Trinajstić information content (AvgIpc) is 4.01. The largest absolute Gasteiger partial charge is 0.309 e. The molecule has 0 atom stereocenters. The van der Waals surface area contributed by atoms with E-state index in [0.717, 1.165) is 66.7 Å². The number of hydrogen-bond acceptors (Lipinski definition) is 3. The molecule has 0 saturated carbocycles. The summed E-state index contributed by atoms with van der Waals surface area (Å²) in [6.07, 6.45) is 0. The smallest absolute Gasteiger partial charge is 0.235 e. The van der Waals surface area contributed by atoms with Crippen LogP contribution in [0.1, 0.15) is 0 Å². The quantitative estimate of drug-likeness (QED) is 0.167. The van der Waals surface area contributed by atoms with Gasteiger partial charge in [0.25, 0.3) is 0 Å². The van der Waals surface area contributed by atoms with Crippen molar-refractivity contribution in [3.05, 3.63) is 218 Å². The van der Waals surface area contributed by atoms with E-state index in [2.05, 4.69) is 215 Å². The Balaban J connectivity index is 1.09. The summed E-state index contributed by atoms with van der Waals surface area (Å²) in [4.78, 5) is 10.7. The van der Waals surface area contributed by atoms with E-state index in [9.17, 15) is 0 Å². The van der Waals surface area contributed by atoms with E-state index in [1.807, 2.05) is 23.5 Å². The predicted octanol–water partition coefficient (Wildman–Crippen LogP) is 15.7. The number of para-hydroxylation sites is 2. The molecule has 4 aromatic heterocycles. The van der Waals surface area contributed by atoms with Gasteiger partial charge in [-0.25, -0.2) is 9.97 Å². The third-order valence-electron chi connectivity index (χ3n) is 12.6. The number of hydrogen-bond donors (Lipinski definition) is 0. The molecule has 4 heterocycles. The fourth-order valence-electron chi connectivity index (χ4n) is 9.64. The first-order valence-corrected chi connectivity index (χ1v) is 22.1. The van der Waals surface area contributed by atoms with Crippen LogP contribution in [0.15, 0.2) is 218 Å². The Morgan fingerprint density at radius 2 is 0.825 bits per heavy atom. The molecule has 0 aliphatic carbocycles. The third kappa shape index (κ3) is 5.74. The van der Waals surface area contributed by atoms with Gasteiger partial charge in [0.15, 0.2) is 0 Å². The Bertz CT molecular complexity index is 3840. The van der Waals surface area contributed by atoms with Crippen molar-refractivity contribution in [2.45, 2.75) is 0 Å². The van der Waals surface area contributed by atoms with Crippen LogP contribution in [0.5, 0.6) is 0 Å². The number of benzene rings is 9. The minimum absolute atomic E-state index is 0.633.